The van der Waals surface area contributed by atoms with Crippen molar-refractivity contribution in [3.63, 3.8) is 0 Å². The van der Waals surface area contributed by atoms with Gasteiger partial charge in [-0.1, -0.05) is 0 Å². The van der Waals surface area contributed by atoms with E-state index < -0.39 is 10.0 Å². The molecule has 0 spiro atoms. The highest BCUT2D eigenvalue weighted by Gasteiger charge is 2.17. The molecule has 0 saturated heterocycles. The summed E-state index contributed by atoms with van der Waals surface area (Å²) >= 11 is 0. The van der Waals surface area contributed by atoms with E-state index >= 15 is 0 Å². The molecular formula is C8H15N3O3S. The number of H-pyrrole nitrogens is 1. The molecule has 15 heavy (non-hydrogen) atoms. The first-order valence-corrected chi connectivity index (χ1v) is 6.04. The van der Waals surface area contributed by atoms with Crippen molar-refractivity contribution in [1.29, 1.82) is 0 Å². The van der Waals surface area contributed by atoms with Crippen LogP contribution < -0.4 is 4.72 Å². The molecule has 1 unspecified atom stereocenters. The van der Waals surface area contributed by atoms with Gasteiger partial charge in [-0.15, -0.1) is 0 Å². The highest BCUT2D eigenvalue weighted by molar-refractivity contribution is 7.89. The topological polar surface area (TPSA) is 84.1 Å². The maximum atomic E-state index is 11.6. The smallest absolute Gasteiger partial charge is 0.257 e. The Labute approximate surface area is 89.1 Å². The third kappa shape index (κ3) is 3.61. The minimum Gasteiger partial charge on any atom is -0.385 e. The third-order valence-electron chi connectivity index (χ3n) is 1.87. The number of hydrogen-bond donors (Lipinski definition) is 2. The molecule has 0 radical (unpaired) electrons. The van der Waals surface area contributed by atoms with Gasteiger partial charge in [-0.25, -0.2) is 18.1 Å². The highest BCUT2D eigenvalue weighted by Crippen LogP contribution is 2.04. The van der Waals surface area contributed by atoms with Gasteiger partial charge < -0.3 is 9.72 Å². The minimum absolute atomic E-state index is 0.0757. The second kappa shape index (κ2) is 5.24. The minimum atomic E-state index is -3.47. The van der Waals surface area contributed by atoms with E-state index in [9.17, 15) is 8.42 Å². The van der Waals surface area contributed by atoms with Crippen LogP contribution in [0.15, 0.2) is 17.6 Å². The monoisotopic (exact) mass is 233 g/mol. The van der Waals surface area contributed by atoms with E-state index in [1.54, 1.807) is 14.0 Å². The third-order valence-corrected chi connectivity index (χ3v) is 3.39. The van der Waals surface area contributed by atoms with Crippen molar-refractivity contribution in [2.75, 3.05) is 13.7 Å². The number of methoxy groups -OCH3 is 1. The zero-order valence-corrected chi connectivity index (χ0v) is 9.54. The molecule has 0 aliphatic heterocycles. The number of sulfonamides is 1. The molecule has 0 bridgehead atoms. The quantitative estimate of drug-likeness (QED) is 0.730. The first kappa shape index (κ1) is 12.2. The average Bonchev–Trinajstić information content (AvgIpc) is 2.67. The largest absolute Gasteiger partial charge is 0.385 e. The Kier molecular flexibility index (Phi) is 4.25. The van der Waals surface area contributed by atoms with Crippen molar-refractivity contribution >= 4 is 10.0 Å². The Morgan fingerprint density at radius 2 is 2.40 bits per heavy atom. The molecule has 2 N–H and O–H groups in total. The first-order chi connectivity index (χ1) is 7.06. The fraction of sp³-hybridized carbons (Fsp3) is 0.625. The Hall–Kier alpha value is -0.920. The van der Waals surface area contributed by atoms with Crippen LogP contribution in [0, 0.1) is 0 Å². The van der Waals surface area contributed by atoms with Gasteiger partial charge in [-0.3, -0.25) is 0 Å². The lowest BCUT2D eigenvalue weighted by molar-refractivity contribution is 0.188. The van der Waals surface area contributed by atoms with Gasteiger partial charge in [-0.2, -0.15) is 0 Å². The van der Waals surface area contributed by atoms with Gasteiger partial charge in [-0.05, 0) is 13.3 Å². The standard InChI is InChI=1S/C8H15N3O3S/c1-7(3-4-14-2)11-15(12,13)8-5-9-6-10-8/h5-7,11H,3-4H2,1-2H3,(H,9,10). The Balaban J connectivity index is 2.57. The zero-order valence-electron chi connectivity index (χ0n) is 8.73. The molecule has 7 heteroatoms. The van der Waals surface area contributed by atoms with E-state index in [-0.39, 0.29) is 11.1 Å². The summed E-state index contributed by atoms with van der Waals surface area (Å²) < 4.78 is 30.7. The van der Waals surface area contributed by atoms with Crippen LogP contribution in [0.25, 0.3) is 0 Å². The summed E-state index contributed by atoms with van der Waals surface area (Å²) in [6.45, 7) is 2.31. The number of ether oxygens (including phenoxy) is 1. The zero-order chi connectivity index (χ0) is 11.3. The molecule has 0 fully saturated rings. The van der Waals surface area contributed by atoms with Gasteiger partial charge in [0.05, 0.1) is 12.5 Å². The van der Waals surface area contributed by atoms with Crippen LogP contribution in [-0.4, -0.2) is 38.1 Å². The molecule has 0 amide bonds. The number of nitrogens with one attached hydrogen (secondary N) is 2. The van der Waals surface area contributed by atoms with Gasteiger partial charge in [0.15, 0.2) is 5.03 Å². The average molecular weight is 233 g/mol. The number of nitrogens with zero attached hydrogens (tertiary/aromatic N) is 1. The number of aromatic nitrogens is 2. The van der Waals surface area contributed by atoms with E-state index in [1.165, 1.54) is 12.5 Å². The molecule has 1 atom stereocenters. The van der Waals surface area contributed by atoms with Gasteiger partial charge in [0.25, 0.3) is 10.0 Å². The second-order valence-electron chi connectivity index (χ2n) is 3.22. The summed E-state index contributed by atoms with van der Waals surface area (Å²) in [4.78, 5) is 6.20. The Morgan fingerprint density at radius 3 is 2.93 bits per heavy atom. The molecule has 1 rings (SSSR count). The molecule has 1 heterocycles. The van der Waals surface area contributed by atoms with Crippen LogP contribution in [0.4, 0.5) is 0 Å². The first-order valence-electron chi connectivity index (χ1n) is 4.56. The van der Waals surface area contributed by atoms with Gasteiger partial charge in [0.1, 0.15) is 0 Å². The molecule has 0 aromatic carbocycles. The number of hydrogen-bond acceptors (Lipinski definition) is 4. The van der Waals surface area contributed by atoms with E-state index in [0.717, 1.165) is 0 Å². The molecule has 0 aliphatic rings. The summed E-state index contributed by atoms with van der Waals surface area (Å²) in [5.41, 5.74) is 0. The van der Waals surface area contributed by atoms with E-state index in [0.29, 0.717) is 13.0 Å². The van der Waals surface area contributed by atoms with Crippen LogP contribution in [-0.2, 0) is 14.8 Å². The Morgan fingerprint density at radius 1 is 1.67 bits per heavy atom. The fourth-order valence-electron chi connectivity index (χ4n) is 1.07. The van der Waals surface area contributed by atoms with Gasteiger partial charge in [0.2, 0.25) is 0 Å². The Bertz CT molecular complexity index is 374. The molecule has 0 aliphatic carbocycles. The van der Waals surface area contributed by atoms with Crippen LogP contribution in [0.3, 0.4) is 0 Å². The second-order valence-corrected chi connectivity index (χ2v) is 4.90. The predicted molar refractivity (Wildman–Crippen MR) is 54.9 cm³/mol. The van der Waals surface area contributed by atoms with Crippen molar-refractivity contribution < 1.29 is 13.2 Å². The highest BCUT2D eigenvalue weighted by atomic mass is 32.2. The molecule has 86 valence electrons. The predicted octanol–water partition coefficient (Wildman–Crippen LogP) is 0.113. The van der Waals surface area contributed by atoms with Crippen molar-refractivity contribution in [2.24, 2.45) is 0 Å². The lowest BCUT2D eigenvalue weighted by atomic mass is 10.3. The molecule has 0 saturated carbocycles. The van der Waals surface area contributed by atoms with Crippen LogP contribution in [0.2, 0.25) is 0 Å². The number of aromatic amines is 1. The van der Waals surface area contributed by atoms with Gasteiger partial charge >= 0.3 is 0 Å². The van der Waals surface area contributed by atoms with E-state index in [1.807, 2.05) is 0 Å². The molecule has 6 nitrogen and oxygen atoms in total. The maximum Gasteiger partial charge on any atom is 0.257 e. The van der Waals surface area contributed by atoms with Crippen LogP contribution >= 0.6 is 0 Å². The van der Waals surface area contributed by atoms with E-state index in [2.05, 4.69) is 14.7 Å². The summed E-state index contributed by atoms with van der Waals surface area (Å²) in [5.74, 6) is 0. The SMILES string of the molecule is COCCC(C)NS(=O)(=O)c1cnc[nH]1. The van der Waals surface area contributed by atoms with Crippen LogP contribution in [0.1, 0.15) is 13.3 Å². The summed E-state index contributed by atoms with van der Waals surface area (Å²) in [6, 6.07) is -0.168. The number of rotatable bonds is 6. The van der Waals surface area contributed by atoms with Crippen molar-refractivity contribution in [2.45, 2.75) is 24.4 Å². The van der Waals surface area contributed by atoms with E-state index in [4.69, 9.17) is 4.74 Å². The lowest BCUT2D eigenvalue weighted by Gasteiger charge is -2.12. The summed E-state index contributed by atoms with van der Waals surface area (Å²) in [5, 5.41) is 0.0757. The van der Waals surface area contributed by atoms with Crippen molar-refractivity contribution in [3.05, 3.63) is 12.5 Å². The molecular weight excluding hydrogens is 218 g/mol. The maximum absolute atomic E-state index is 11.6. The lowest BCUT2D eigenvalue weighted by Crippen LogP contribution is -2.33. The van der Waals surface area contributed by atoms with Crippen LogP contribution in [0.5, 0.6) is 0 Å². The normalized spacial score (nSPS) is 14.0. The molecule has 1 aromatic rings. The van der Waals surface area contributed by atoms with Gasteiger partial charge in [0, 0.05) is 19.8 Å². The summed E-state index contributed by atoms with van der Waals surface area (Å²) in [6.07, 6.45) is 3.23. The fourth-order valence-corrected chi connectivity index (χ4v) is 2.25. The summed E-state index contributed by atoms with van der Waals surface area (Å²) in [7, 11) is -1.89. The number of imidazole rings is 1. The molecule has 1 aromatic heterocycles. The van der Waals surface area contributed by atoms with Crippen molar-refractivity contribution in [1.82, 2.24) is 14.7 Å². The van der Waals surface area contributed by atoms with Crippen molar-refractivity contribution in [3.8, 4) is 0 Å².